The highest BCUT2D eigenvalue weighted by Crippen LogP contribution is 2.29. The first kappa shape index (κ1) is 14.3. The average Bonchev–Trinajstić information content (AvgIpc) is 2.47. The Morgan fingerprint density at radius 2 is 1.90 bits per heavy atom. The van der Waals surface area contributed by atoms with Crippen molar-refractivity contribution in [1.82, 2.24) is 0 Å². The summed E-state index contributed by atoms with van der Waals surface area (Å²) >= 11 is 0. The molecule has 3 heteroatoms. The highest BCUT2D eigenvalue weighted by molar-refractivity contribution is 5.73. The highest BCUT2D eigenvalue weighted by atomic mass is 16.6. The van der Waals surface area contributed by atoms with Crippen LogP contribution in [-0.4, -0.2) is 7.11 Å². The number of ether oxygens (including phenoxy) is 1. The molecule has 0 atom stereocenters. The first-order chi connectivity index (χ1) is 9.67. The van der Waals surface area contributed by atoms with E-state index in [1.165, 1.54) is 11.1 Å². The molecular formula is C17H19NO2. The molecule has 0 heterocycles. The third kappa shape index (κ3) is 2.90. The normalized spacial score (nSPS) is 10.3. The second-order valence-corrected chi connectivity index (χ2v) is 4.66. The van der Waals surface area contributed by atoms with Gasteiger partial charge in [0.15, 0.2) is 0 Å². The van der Waals surface area contributed by atoms with Crippen LogP contribution < -0.4 is 5.90 Å². The van der Waals surface area contributed by atoms with Gasteiger partial charge in [-0.25, -0.2) is 0 Å². The first-order valence-electron chi connectivity index (χ1n) is 6.41. The summed E-state index contributed by atoms with van der Waals surface area (Å²) in [6.45, 7) is 6.40. The summed E-state index contributed by atoms with van der Waals surface area (Å²) in [6.07, 6.45) is 0. The fourth-order valence-corrected chi connectivity index (χ4v) is 2.25. The van der Waals surface area contributed by atoms with Gasteiger partial charge in [0.05, 0.1) is 6.61 Å². The molecule has 0 fully saturated rings. The summed E-state index contributed by atoms with van der Waals surface area (Å²) in [5.74, 6) is 5.61. The molecule has 0 unspecified atom stereocenters. The Morgan fingerprint density at radius 3 is 2.55 bits per heavy atom. The molecule has 0 aliphatic carbocycles. The van der Waals surface area contributed by atoms with E-state index in [1.54, 1.807) is 7.11 Å². The lowest BCUT2D eigenvalue weighted by molar-refractivity contribution is 0.185. The smallest absolute Gasteiger partial charge is 0.146 e. The Balaban J connectivity index is 2.53. The molecular weight excluding hydrogens is 250 g/mol. The van der Waals surface area contributed by atoms with Crippen LogP contribution in [0.1, 0.15) is 16.7 Å². The number of rotatable bonds is 5. The molecule has 0 saturated carbocycles. The molecule has 0 radical (unpaired) electrons. The number of hydrogen-bond acceptors (Lipinski definition) is 3. The molecule has 0 aromatic heterocycles. The minimum absolute atomic E-state index is 0.443. The first-order valence-corrected chi connectivity index (χ1v) is 6.41. The molecule has 2 rings (SSSR count). The summed E-state index contributed by atoms with van der Waals surface area (Å²) in [4.78, 5) is 4.70. The van der Waals surface area contributed by atoms with Crippen molar-refractivity contribution < 1.29 is 9.57 Å². The molecule has 0 amide bonds. The molecule has 0 aliphatic rings. The van der Waals surface area contributed by atoms with Crippen LogP contribution in [0.15, 0.2) is 49.0 Å². The van der Waals surface area contributed by atoms with Crippen molar-refractivity contribution in [3.63, 3.8) is 0 Å². The van der Waals surface area contributed by atoms with E-state index in [9.17, 15) is 0 Å². The predicted octanol–water partition coefficient (Wildman–Crippen LogP) is 3.67. The zero-order valence-electron chi connectivity index (χ0n) is 11.8. The van der Waals surface area contributed by atoms with Gasteiger partial charge in [0.1, 0.15) is 5.76 Å². The molecule has 0 saturated heterocycles. The van der Waals surface area contributed by atoms with Crippen molar-refractivity contribution in [1.29, 1.82) is 0 Å². The van der Waals surface area contributed by atoms with Gasteiger partial charge in [-0.05, 0) is 35.2 Å². The van der Waals surface area contributed by atoms with E-state index in [2.05, 4.69) is 31.7 Å². The van der Waals surface area contributed by atoms with Crippen molar-refractivity contribution in [2.24, 2.45) is 5.90 Å². The average molecular weight is 269 g/mol. The van der Waals surface area contributed by atoms with Gasteiger partial charge in [0, 0.05) is 12.7 Å². The number of nitrogens with two attached hydrogens (primary N) is 1. The molecule has 0 bridgehead atoms. The summed E-state index contributed by atoms with van der Waals surface area (Å²) in [6, 6.07) is 14.3. The van der Waals surface area contributed by atoms with Crippen LogP contribution in [0.5, 0.6) is 0 Å². The predicted molar refractivity (Wildman–Crippen MR) is 81.6 cm³/mol. The SMILES string of the molecule is C=C(ON)c1ccc(-c2ccccc2C)c(COC)c1. The number of hydrogen-bond donors (Lipinski definition) is 1. The third-order valence-corrected chi connectivity index (χ3v) is 3.30. The topological polar surface area (TPSA) is 44.5 Å². The van der Waals surface area contributed by atoms with Crippen LogP contribution in [0.4, 0.5) is 0 Å². The van der Waals surface area contributed by atoms with Crippen molar-refractivity contribution in [3.8, 4) is 11.1 Å². The van der Waals surface area contributed by atoms with Crippen molar-refractivity contribution >= 4 is 5.76 Å². The quantitative estimate of drug-likeness (QED) is 0.665. The van der Waals surface area contributed by atoms with Crippen molar-refractivity contribution in [2.45, 2.75) is 13.5 Å². The Labute approximate surface area is 119 Å². The zero-order valence-corrected chi connectivity index (χ0v) is 11.8. The van der Waals surface area contributed by atoms with Gasteiger partial charge in [-0.15, -0.1) is 0 Å². The standard InChI is InChI=1S/C17H19NO2/c1-12-6-4-5-7-16(12)17-9-8-14(13(2)20-18)10-15(17)11-19-3/h4-10H,2,11,18H2,1,3H3. The highest BCUT2D eigenvalue weighted by Gasteiger charge is 2.10. The molecule has 2 aromatic rings. The van der Waals surface area contributed by atoms with Crippen molar-refractivity contribution in [2.75, 3.05) is 7.11 Å². The number of methoxy groups -OCH3 is 1. The fourth-order valence-electron chi connectivity index (χ4n) is 2.25. The van der Waals surface area contributed by atoms with Crippen LogP contribution in [0.2, 0.25) is 0 Å². The molecule has 2 N–H and O–H groups in total. The maximum atomic E-state index is 5.30. The van der Waals surface area contributed by atoms with Gasteiger partial charge in [0.2, 0.25) is 0 Å². The molecule has 20 heavy (non-hydrogen) atoms. The van der Waals surface area contributed by atoms with Crippen LogP contribution in [0.3, 0.4) is 0 Å². The van der Waals surface area contributed by atoms with Gasteiger partial charge in [-0.1, -0.05) is 43.0 Å². The Bertz CT molecular complexity index is 620. The number of benzene rings is 2. The van der Waals surface area contributed by atoms with E-state index in [0.717, 1.165) is 16.7 Å². The molecule has 104 valence electrons. The third-order valence-electron chi connectivity index (χ3n) is 3.30. The Kier molecular flexibility index (Phi) is 4.56. The second kappa shape index (κ2) is 6.37. The van der Waals surface area contributed by atoms with E-state index in [0.29, 0.717) is 12.4 Å². The van der Waals surface area contributed by atoms with Crippen LogP contribution in [0, 0.1) is 6.92 Å². The lowest BCUT2D eigenvalue weighted by Gasteiger charge is -2.14. The van der Waals surface area contributed by atoms with Crippen LogP contribution in [0.25, 0.3) is 16.9 Å². The summed E-state index contributed by atoms with van der Waals surface area (Å²) < 4.78 is 5.30. The minimum Gasteiger partial charge on any atom is -0.412 e. The van der Waals surface area contributed by atoms with Gasteiger partial charge in [0.25, 0.3) is 0 Å². The van der Waals surface area contributed by atoms with E-state index in [-0.39, 0.29) is 0 Å². The van der Waals surface area contributed by atoms with Crippen molar-refractivity contribution in [3.05, 3.63) is 65.7 Å². The fraction of sp³-hybridized carbons (Fsp3) is 0.176. The van der Waals surface area contributed by atoms with Gasteiger partial charge < -0.3 is 9.57 Å². The van der Waals surface area contributed by atoms with Crippen LogP contribution >= 0.6 is 0 Å². The monoisotopic (exact) mass is 269 g/mol. The molecule has 3 nitrogen and oxygen atoms in total. The largest absolute Gasteiger partial charge is 0.412 e. The Hall–Kier alpha value is -2.10. The van der Waals surface area contributed by atoms with E-state index >= 15 is 0 Å². The minimum atomic E-state index is 0.443. The summed E-state index contributed by atoms with van der Waals surface area (Å²) in [5.41, 5.74) is 5.52. The Morgan fingerprint density at radius 1 is 1.15 bits per heavy atom. The molecule has 2 aromatic carbocycles. The van der Waals surface area contributed by atoms with Gasteiger partial charge in [-0.2, -0.15) is 5.90 Å². The number of aryl methyl sites for hydroxylation is 1. The summed E-state index contributed by atoms with van der Waals surface area (Å²) in [7, 11) is 1.68. The van der Waals surface area contributed by atoms with Gasteiger partial charge in [-0.3, -0.25) is 0 Å². The van der Waals surface area contributed by atoms with Gasteiger partial charge >= 0.3 is 0 Å². The van der Waals surface area contributed by atoms with Crippen LogP contribution in [-0.2, 0) is 16.2 Å². The zero-order chi connectivity index (χ0) is 14.5. The lowest BCUT2D eigenvalue weighted by Crippen LogP contribution is -2.00. The summed E-state index contributed by atoms with van der Waals surface area (Å²) in [5, 5.41) is 0. The molecule has 0 aliphatic heterocycles. The maximum absolute atomic E-state index is 5.30. The molecule has 0 spiro atoms. The van der Waals surface area contributed by atoms with E-state index in [1.807, 2.05) is 24.3 Å². The second-order valence-electron chi connectivity index (χ2n) is 4.66. The van der Waals surface area contributed by atoms with E-state index in [4.69, 9.17) is 15.5 Å². The lowest BCUT2D eigenvalue weighted by atomic mass is 9.94. The van der Waals surface area contributed by atoms with E-state index < -0.39 is 0 Å². The maximum Gasteiger partial charge on any atom is 0.146 e.